The summed E-state index contributed by atoms with van der Waals surface area (Å²) in [7, 11) is -3.46. The van der Waals surface area contributed by atoms with Crippen molar-refractivity contribution in [1.29, 1.82) is 0 Å². The van der Waals surface area contributed by atoms with Crippen molar-refractivity contribution in [3.05, 3.63) is 29.3 Å². The maximum absolute atomic E-state index is 12.2. The molecule has 0 saturated heterocycles. The van der Waals surface area contributed by atoms with Gasteiger partial charge in [0.05, 0.1) is 4.90 Å². The first kappa shape index (κ1) is 15.1. The topological polar surface area (TPSA) is 72.2 Å². The summed E-state index contributed by atoms with van der Waals surface area (Å²) in [6.07, 6.45) is 0. The third-order valence-electron chi connectivity index (χ3n) is 2.57. The van der Waals surface area contributed by atoms with E-state index in [1.807, 2.05) is 26.8 Å². The number of benzene rings is 1. The highest BCUT2D eigenvalue weighted by molar-refractivity contribution is 7.89. The first-order valence-electron chi connectivity index (χ1n) is 5.95. The molecule has 4 nitrogen and oxygen atoms in total. The van der Waals surface area contributed by atoms with E-state index in [1.54, 1.807) is 19.1 Å². The molecule has 3 N–H and O–H groups in total. The third kappa shape index (κ3) is 4.08. The van der Waals surface area contributed by atoms with Crippen LogP contribution in [0, 0.1) is 12.3 Å². The van der Waals surface area contributed by atoms with Crippen molar-refractivity contribution in [2.75, 3.05) is 6.54 Å². The van der Waals surface area contributed by atoms with Gasteiger partial charge in [-0.2, -0.15) is 0 Å². The molecule has 0 aliphatic rings. The van der Waals surface area contributed by atoms with Crippen molar-refractivity contribution in [2.45, 2.75) is 39.1 Å². The molecule has 0 fully saturated rings. The second kappa shape index (κ2) is 5.38. The Morgan fingerprint density at radius 1 is 1.28 bits per heavy atom. The zero-order valence-corrected chi connectivity index (χ0v) is 12.3. The Balaban J connectivity index is 3.05. The molecular weight excluding hydrogens is 248 g/mol. The lowest BCUT2D eigenvalue weighted by Gasteiger charge is -2.19. The molecule has 0 aromatic heterocycles. The van der Waals surface area contributed by atoms with Gasteiger partial charge >= 0.3 is 0 Å². The average molecular weight is 270 g/mol. The van der Waals surface area contributed by atoms with Crippen LogP contribution in [0.5, 0.6) is 0 Å². The minimum absolute atomic E-state index is 0.0908. The lowest BCUT2D eigenvalue weighted by molar-refractivity contribution is 0.407. The van der Waals surface area contributed by atoms with Crippen LogP contribution >= 0.6 is 0 Å². The Labute approximate surface area is 110 Å². The minimum atomic E-state index is -3.46. The fourth-order valence-corrected chi connectivity index (χ4v) is 3.03. The number of nitrogens with one attached hydrogen (secondary N) is 1. The number of aryl methyl sites for hydroxylation is 1. The number of hydrogen-bond acceptors (Lipinski definition) is 3. The molecule has 0 amide bonds. The Bertz CT molecular complexity index is 516. The van der Waals surface area contributed by atoms with Gasteiger partial charge in [-0.15, -0.1) is 0 Å². The highest BCUT2D eigenvalue weighted by Gasteiger charge is 2.20. The summed E-state index contributed by atoms with van der Waals surface area (Å²) in [6, 6.07) is 5.27. The van der Waals surface area contributed by atoms with Gasteiger partial charge in [-0.3, -0.25) is 0 Å². The summed E-state index contributed by atoms with van der Waals surface area (Å²) in [5.41, 5.74) is 7.00. The van der Waals surface area contributed by atoms with Gasteiger partial charge in [0.15, 0.2) is 0 Å². The van der Waals surface area contributed by atoms with Crippen LogP contribution < -0.4 is 10.5 Å². The van der Waals surface area contributed by atoms with Crippen molar-refractivity contribution in [1.82, 2.24) is 4.72 Å². The van der Waals surface area contributed by atoms with Gasteiger partial charge < -0.3 is 5.73 Å². The Kier molecular flexibility index (Phi) is 4.53. The molecule has 1 aromatic rings. The zero-order chi connectivity index (χ0) is 14.0. The first-order valence-corrected chi connectivity index (χ1v) is 7.43. The molecule has 102 valence electrons. The van der Waals surface area contributed by atoms with Crippen LogP contribution in [0.25, 0.3) is 0 Å². The number of nitrogens with two attached hydrogens (primary N) is 1. The Morgan fingerprint density at radius 3 is 2.39 bits per heavy atom. The second-order valence-corrected chi connectivity index (χ2v) is 7.42. The zero-order valence-electron chi connectivity index (χ0n) is 11.4. The number of sulfonamides is 1. The van der Waals surface area contributed by atoms with Crippen molar-refractivity contribution in [3.63, 3.8) is 0 Å². The quantitative estimate of drug-likeness (QED) is 0.876. The number of rotatable bonds is 4. The van der Waals surface area contributed by atoms with E-state index in [0.717, 1.165) is 11.1 Å². The third-order valence-corrected chi connectivity index (χ3v) is 4.11. The van der Waals surface area contributed by atoms with Crippen LogP contribution in [0.3, 0.4) is 0 Å². The van der Waals surface area contributed by atoms with E-state index >= 15 is 0 Å². The molecule has 0 radical (unpaired) electrons. The highest BCUT2D eigenvalue weighted by atomic mass is 32.2. The molecule has 0 unspecified atom stereocenters. The van der Waals surface area contributed by atoms with E-state index in [9.17, 15) is 8.42 Å². The lowest BCUT2D eigenvalue weighted by Crippen LogP contribution is -2.32. The van der Waals surface area contributed by atoms with Crippen LogP contribution in [0.4, 0.5) is 0 Å². The minimum Gasteiger partial charge on any atom is -0.326 e. The lowest BCUT2D eigenvalue weighted by atomic mass is 9.98. The average Bonchev–Trinajstić information content (AvgIpc) is 2.26. The van der Waals surface area contributed by atoms with Crippen molar-refractivity contribution < 1.29 is 8.42 Å². The van der Waals surface area contributed by atoms with E-state index in [2.05, 4.69) is 4.72 Å². The highest BCUT2D eigenvalue weighted by Crippen LogP contribution is 2.18. The summed E-state index contributed by atoms with van der Waals surface area (Å²) in [4.78, 5) is 0.315. The van der Waals surface area contributed by atoms with Crippen molar-refractivity contribution in [2.24, 2.45) is 11.1 Å². The van der Waals surface area contributed by atoms with Gasteiger partial charge in [-0.1, -0.05) is 32.9 Å². The largest absolute Gasteiger partial charge is 0.326 e. The van der Waals surface area contributed by atoms with E-state index in [-0.39, 0.29) is 5.41 Å². The summed E-state index contributed by atoms with van der Waals surface area (Å²) in [5.74, 6) is 0. The summed E-state index contributed by atoms with van der Waals surface area (Å²) in [6.45, 7) is 8.48. The Hall–Kier alpha value is -0.910. The van der Waals surface area contributed by atoms with Gasteiger partial charge in [-0.05, 0) is 29.5 Å². The van der Waals surface area contributed by atoms with Crippen LogP contribution in [0.15, 0.2) is 23.1 Å². The predicted molar refractivity (Wildman–Crippen MR) is 73.7 cm³/mol. The molecule has 1 rings (SSSR count). The predicted octanol–water partition coefficient (Wildman–Crippen LogP) is 1.78. The molecule has 0 aliphatic heterocycles. The molecule has 0 atom stereocenters. The fraction of sp³-hybridized carbons (Fsp3) is 0.538. The van der Waals surface area contributed by atoms with Gasteiger partial charge in [0.1, 0.15) is 0 Å². The van der Waals surface area contributed by atoms with Crippen molar-refractivity contribution >= 4 is 10.0 Å². The molecule has 0 heterocycles. The first-order chi connectivity index (χ1) is 8.15. The summed E-state index contributed by atoms with van der Waals surface area (Å²) >= 11 is 0. The maximum Gasteiger partial charge on any atom is 0.240 e. The fourth-order valence-electron chi connectivity index (χ4n) is 1.45. The SMILES string of the molecule is Cc1ccc(CN)cc1S(=O)(=O)NCC(C)(C)C. The maximum atomic E-state index is 12.2. The molecule has 0 spiro atoms. The standard InChI is InChI=1S/C13H22N2O2S/c1-10-5-6-11(8-14)7-12(10)18(16,17)15-9-13(2,3)4/h5-7,15H,8-9,14H2,1-4H3. The van der Waals surface area contributed by atoms with E-state index < -0.39 is 10.0 Å². The van der Waals surface area contributed by atoms with Crippen molar-refractivity contribution in [3.8, 4) is 0 Å². The smallest absolute Gasteiger partial charge is 0.240 e. The van der Waals surface area contributed by atoms with Gasteiger partial charge in [0.2, 0.25) is 10.0 Å². The molecule has 0 saturated carbocycles. The Morgan fingerprint density at radius 2 is 1.89 bits per heavy atom. The number of hydrogen-bond donors (Lipinski definition) is 2. The second-order valence-electron chi connectivity index (χ2n) is 5.69. The van der Waals surface area contributed by atoms with E-state index in [1.165, 1.54) is 0 Å². The van der Waals surface area contributed by atoms with Gasteiger partial charge in [0, 0.05) is 13.1 Å². The van der Waals surface area contributed by atoms with Crippen LogP contribution in [-0.2, 0) is 16.6 Å². The summed E-state index contributed by atoms with van der Waals surface area (Å²) in [5, 5.41) is 0. The van der Waals surface area contributed by atoms with Crippen LogP contribution in [0.2, 0.25) is 0 Å². The molecule has 5 heteroatoms. The molecule has 18 heavy (non-hydrogen) atoms. The van der Waals surface area contributed by atoms with E-state index in [0.29, 0.717) is 18.0 Å². The molecular formula is C13H22N2O2S. The van der Waals surface area contributed by atoms with Gasteiger partial charge in [-0.25, -0.2) is 13.1 Å². The summed E-state index contributed by atoms with van der Waals surface area (Å²) < 4.78 is 27.1. The normalized spacial score (nSPS) is 12.7. The molecule has 1 aromatic carbocycles. The van der Waals surface area contributed by atoms with E-state index in [4.69, 9.17) is 5.73 Å². The monoisotopic (exact) mass is 270 g/mol. The van der Waals surface area contributed by atoms with Crippen LogP contribution in [-0.4, -0.2) is 15.0 Å². The van der Waals surface area contributed by atoms with Gasteiger partial charge in [0.25, 0.3) is 0 Å². The molecule has 0 aliphatic carbocycles. The van der Waals surface area contributed by atoms with Crippen LogP contribution in [0.1, 0.15) is 31.9 Å². The molecule has 0 bridgehead atoms.